The van der Waals surface area contributed by atoms with E-state index >= 15 is 0 Å². The highest BCUT2D eigenvalue weighted by atomic mass is 16.5. The number of rotatable bonds is 3. The van der Waals surface area contributed by atoms with Crippen LogP contribution in [0.3, 0.4) is 0 Å². The van der Waals surface area contributed by atoms with Gasteiger partial charge in [-0.1, -0.05) is 18.2 Å². The molecule has 136 valence electrons. The van der Waals surface area contributed by atoms with E-state index in [1.165, 1.54) is 0 Å². The molecule has 1 aromatic heterocycles. The first-order chi connectivity index (χ1) is 12.8. The molecule has 1 fully saturated rings. The van der Waals surface area contributed by atoms with Crippen LogP contribution < -0.4 is 15.0 Å². The maximum atomic E-state index is 13.0. The van der Waals surface area contributed by atoms with Gasteiger partial charge in [-0.15, -0.1) is 0 Å². The Bertz CT molecular complexity index is 752. The SMILES string of the molecule is O=C(N[C@H]1CCCOc2ccccc21)[C@H]1CCCN(c2cnccn2)C1. The second-order valence-electron chi connectivity index (χ2n) is 6.94. The van der Waals surface area contributed by atoms with E-state index in [0.717, 1.165) is 49.4 Å². The molecule has 0 unspecified atom stereocenters. The quantitative estimate of drug-likeness (QED) is 0.920. The summed E-state index contributed by atoms with van der Waals surface area (Å²) in [4.78, 5) is 23.6. The number of para-hydroxylation sites is 1. The van der Waals surface area contributed by atoms with Crippen molar-refractivity contribution in [2.24, 2.45) is 5.92 Å². The molecule has 0 radical (unpaired) electrons. The Morgan fingerprint density at radius 2 is 2.12 bits per heavy atom. The molecule has 0 bridgehead atoms. The highest BCUT2D eigenvalue weighted by Gasteiger charge is 2.29. The fourth-order valence-electron chi connectivity index (χ4n) is 3.82. The zero-order valence-corrected chi connectivity index (χ0v) is 14.8. The average molecular weight is 352 g/mol. The summed E-state index contributed by atoms with van der Waals surface area (Å²) in [7, 11) is 0. The summed E-state index contributed by atoms with van der Waals surface area (Å²) in [6.45, 7) is 2.31. The third-order valence-electron chi connectivity index (χ3n) is 5.17. The average Bonchev–Trinajstić information content (AvgIpc) is 2.91. The van der Waals surface area contributed by atoms with E-state index < -0.39 is 0 Å². The molecule has 1 aromatic carbocycles. The van der Waals surface area contributed by atoms with Crippen LogP contribution in [0.1, 0.15) is 37.3 Å². The number of hydrogen-bond donors (Lipinski definition) is 1. The number of hydrogen-bond acceptors (Lipinski definition) is 5. The van der Waals surface area contributed by atoms with Gasteiger partial charge in [-0.05, 0) is 31.7 Å². The van der Waals surface area contributed by atoms with Crippen molar-refractivity contribution in [1.82, 2.24) is 15.3 Å². The number of benzene rings is 1. The number of carbonyl (C=O) groups excluding carboxylic acids is 1. The van der Waals surface area contributed by atoms with Crippen molar-refractivity contribution in [2.45, 2.75) is 31.7 Å². The molecule has 2 aliphatic heterocycles. The summed E-state index contributed by atoms with van der Waals surface area (Å²) in [6.07, 6.45) is 8.87. The van der Waals surface area contributed by atoms with E-state index in [2.05, 4.69) is 26.3 Å². The van der Waals surface area contributed by atoms with E-state index in [4.69, 9.17) is 4.74 Å². The van der Waals surface area contributed by atoms with Gasteiger partial charge in [0.05, 0.1) is 24.8 Å². The van der Waals surface area contributed by atoms with Crippen molar-refractivity contribution in [3.05, 3.63) is 48.4 Å². The number of fused-ring (bicyclic) bond motifs is 1. The van der Waals surface area contributed by atoms with Gasteiger partial charge < -0.3 is 15.0 Å². The normalized spacial score (nSPS) is 22.7. The van der Waals surface area contributed by atoms with Crippen LogP contribution in [0.2, 0.25) is 0 Å². The molecule has 3 heterocycles. The molecule has 0 saturated carbocycles. The summed E-state index contributed by atoms with van der Waals surface area (Å²) in [5, 5.41) is 3.28. The summed E-state index contributed by atoms with van der Waals surface area (Å²) in [6, 6.07) is 8.04. The van der Waals surface area contributed by atoms with Crippen LogP contribution in [0.15, 0.2) is 42.9 Å². The lowest BCUT2D eigenvalue weighted by Crippen LogP contribution is -2.44. The molecule has 1 amide bonds. The topological polar surface area (TPSA) is 67.3 Å². The van der Waals surface area contributed by atoms with Gasteiger partial charge >= 0.3 is 0 Å². The Morgan fingerprint density at radius 1 is 1.19 bits per heavy atom. The molecule has 6 heteroatoms. The van der Waals surface area contributed by atoms with Gasteiger partial charge in [-0.25, -0.2) is 4.98 Å². The number of ether oxygens (including phenoxy) is 1. The Labute approximate surface area is 153 Å². The third kappa shape index (κ3) is 3.64. The zero-order chi connectivity index (χ0) is 17.8. The van der Waals surface area contributed by atoms with Crippen LogP contribution in [-0.4, -0.2) is 35.6 Å². The monoisotopic (exact) mass is 352 g/mol. The minimum Gasteiger partial charge on any atom is -0.493 e. The van der Waals surface area contributed by atoms with Gasteiger partial charge in [0.2, 0.25) is 5.91 Å². The summed E-state index contributed by atoms with van der Waals surface area (Å²) < 4.78 is 5.81. The molecule has 1 N–H and O–H groups in total. The zero-order valence-electron chi connectivity index (χ0n) is 14.8. The summed E-state index contributed by atoms with van der Waals surface area (Å²) in [5.41, 5.74) is 1.08. The summed E-state index contributed by atoms with van der Waals surface area (Å²) >= 11 is 0. The van der Waals surface area contributed by atoms with Crippen LogP contribution in [0, 0.1) is 5.92 Å². The third-order valence-corrected chi connectivity index (χ3v) is 5.17. The molecule has 6 nitrogen and oxygen atoms in total. The van der Waals surface area contributed by atoms with Crippen molar-refractivity contribution in [3.63, 3.8) is 0 Å². The van der Waals surface area contributed by atoms with Gasteiger partial charge in [0, 0.05) is 31.0 Å². The molecule has 0 spiro atoms. The first kappa shape index (κ1) is 16.8. The van der Waals surface area contributed by atoms with Crippen LogP contribution in [0.5, 0.6) is 5.75 Å². The molecule has 4 rings (SSSR count). The van der Waals surface area contributed by atoms with E-state index in [9.17, 15) is 4.79 Å². The van der Waals surface area contributed by atoms with Crippen molar-refractivity contribution in [3.8, 4) is 5.75 Å². The fourth-order valence-corrected chi connectivity index (χ4v) is 3.82. The first-order valence-corrected chi connectivity index (χ1v) is 9.34. The lowest BCUT2D eigenvalue weighted by Gasteiger charge is -2.33. The van der Waals surface area contributed by atoms with Gasteiger partial charge in [0.1, 0.15) is 11.6 Å². The standard InChI is InChI=1S/C20H24N4O2/c25-20(15-5-3-11-24(14-15)19-13-21-9-10-22-19)23-17-7-4-12-26-18-8-2-1-6-16(17)18/h1-2,6,8-10,13,15,17H,3-5,7,11-12,14H2,(H,23,25)/t15-,17-/m0/s1. The Kier molecular flexibility index (Phi) is 5.00. The second-order valence-corrected chi connectivity index (χ2v) is 6.94. The van der Waals surface area contributed by atoms with Crippen molar-refractivity contribution >= 4 is 11.7 Å². The molecule has 2 atom stereocenters. The minimum atomic E-state index is -0.0258. The lowest BCUT2D eigenvalue weighted by molar-refractivity contribution is -0.126. The number of piperidine rings is 1. The predicted molar refractivity (Wildman–Crippen MR) is 99.0 cm³/mol. The number of aromatic nitrogens is 2. The molecule has 26 heavy (non-hydrogen) atoms. The van der Waals surface area contributed by atoms with Crippen molar-refractivity contribution in [1.29, 1.82) is 0 Å². The molecule has 1 saturated heterocycles. The maximum Gasteiger partial charge on any atom is 0.225 e. The Hall–Kier alpha value is -2.63. The number of nitrogens with one attached hydrogen (secondary N) is 1. The molecule has 2 aromatic rings. The van der Waals surface area contributed by atoms with Crippen LogP contribution in [0.4, 0.5) is 5.82 Å². The summed E-state index contributed by atoms with van der Waals surface area (Å²) in [5.74, 6) is 1.83. The highest BCUT2D eigenvalue weighted by Crippen LogP contribution is 2.32. The van der Waals surface area contributed by atoms with E-state index in [1.807, 2.05) is 18.2 Å². The molecule has 0 aliphatic carbocycles. The van der Waals surface area contributed by atoms with E-state index in [-0.39, 0.29) is 17.9 Å². The fraction of sp³-hybridized carbons (Fsp3) is 0.450. The second kappa shape index (κ2) is 7.72. The van der Waals surface area contributed by atoms with Crippen molar-refractivity contribution in [2.75, 3.05) is 24.6 Å². The Balaban J connectivity index is 1.45. The predicted octanol–water partition coefficient (Wildman–Crippen LogP) is 2.72. The van der Waals surface area contributed by atoms with E-state index in [1.54, 1.807) is 18.6 Å². The van der Waals surface area contributed by atoms with E-state index in [0.29, 0.717) is 13.2 Å². The lowest BCUT2D eigenvalue weighted by atomic mass is 9.95. The van der Waals surface area contributed by atoms with Gasteiger partial charge in [0.25, 0.3) is 0 Å². The molecule has 2 aliphatic rings. The van der Waals surface area contributed by atoms with Gasteiger partial charge in [0.15, 0.2) is 0 Å². The Morgan fingerprint density at radius 3 is 3.00 bits per heavy atom. The number of anilines is 1. The van der Waals surface area contributed by atoms with Crippen LogP contribution in [-0.2, 0) is 4.79 Å². The van der Waals surface area contributed by atoms with Crippen LogP contribution >= 0.6 is 0 Å². The van der Waals surface area contributed by atoms with Crippen molar-refractivity contribution < 1.29 is 9.53 Å². The number of carbonyl (C=O) groups is 1. The molecular weight excluding hydrogens is 328 g/mol. The largest absolute Gasteiger partial charge is 0.493 e. The minimum absolute atomic E-state index is 0.0214. The first-order valence-electron chi connectivity index (χ1n) is 9.34. The number of amides is 1. The number of nitrogens with zero attached hydrogens (tertiary/aromatic N) is 3. The molecular formula is C20H24N4O2. The van der Waals surface area contributed by atoms with Crippen LogP contribution in [0.25, 0.3) is 0 Å². The maximum absolute atomic E-state index is 13.0. The smallest absolute Gasteiger partial charge is 0.225 e. The van der Waals surface area contributed by atoms with Gasteiger partial charge in [-0.2, -0.15) is 0 Å². The van der Waals surface area contributed by atoms with Gasteiger partial charge in [-0.3, -0.25) is 9.78 Å². The highest BCUT2D eigenvalue weighted by molar-refractivity contribution is 5.80.